The zero-order valence-corrected chi connectivity index (χ0v) is 16.6. The molecule has 2 aromatic rings. The molecule has 2 fully saturated rings. The number of nitrogens with one attached hydrogen (secondary N) is 1. The number of fused-ring (bicyclic) bond motifs is 1. The van der Waals surface area contributed by atoms with Gasteiger partial charge in [0, 0.05) is 37.1 Å². The van der Waals surface area contributed by atoms with Gasteiger partial charge in [-0.2, -0.15) is 0 Å². The molecule has 4 atom stereocenters. The van der Waals surface area contributed by atoms with Crippen LogP contribution >= 0.6 is 11.6 Å². The number of halogens is 1. The van der Waals surface area contributed by atoms with Gasteiger partial charge in [-0.05, 0) is 54.0 Å². The second kappa shape index (κ2) is 8.60. The Balaban J connectivity index is 1.32. The first-order valence-corrected chi connectivity index (χ1v) is 10.3. The third-order valence-corrected chi connectivity index (χ3v) is 6.18. The second-order valence-electron chi connectivity index (χ2n) is 8.09. The summed E-state index contributed by atoms with van der Waals surface area (Å²) in [5.41, 5.74) is 2.10. The Morgan fingerprint density at radius 3 is 2.71 bits per heavy atom. The lowest BCUT2D eigenvalue weighted by molar-refractivity contribution is -0.122. The molecule has 1 saturated carbocycles. The molecule has 1 aliphatic carbocycles. The monoisotopic (exact) mass is 399 g/mol. The molecule has 1 aliphatic heterocycles. The van der Waals surface area contributed by atoms with Crippen LogP contribution in [0.1, 0.15) is 24.0 Å². The van der Waals surface area contributed by atoms with E-state index in [0.717, 1.165) is 38.0 Å². The zero-order valence-electron chi connectivity index (χ0n) is 15.8. The maximum absolute atomic E-state index is 12.5. The van der Waals surface area contributed by atoms with Crippen LogP contribution in [-0.2, 0) is 17.8 Å². The molecule has 148 valence electrons. The van der Waals surface area contributed by atoms with Crippen molar-refractivity contribution >= 4 is 17.5 Å². The minimum atomic E-state index is -0.483. The maximum Gasteiger partial charge on any atom is 0.224 e. The number of pyridine rings is 1. The van der Waals surface area contributed by atoms with Gasteiger partial charge in [-0.1, -0.05) is 29.8 Å². The molecule has 6 heteroatoms. The van der Waals surface area contributed by atoms with E-state index < -0.39 is 6.10 Å². The highest BCUT2D eigenvalue weighted by molar-refractivity contribution is 6.30. The third kappa shape index (κ3) is 4.72. The van der Waals surface area contributed by atoms with E-state index in [2.05, 4.69) is 21.3 Å². The van der Waals surface area contributed by atoms with Gasteiger partial charge in [0.25, 0.3) is 0 Å². The van der Waals surface area contributed by atoms with Gasteiger partial charge in [-0.3, -0.25) is 14.7 Å². The van der Waals surface area contributed by atoms with Crippen LogP contribution in [0.2, 0.25) is 5.02 Å². The number of amides is 1. The molecule has 0 bridgehead atoms. The average molecular weight is 400 g/mol. The van der Waals surface area contributed by atoms with E-state index in [4.69, 9.17) is 11.6 Å². The largest absolute Gasteiger partial charge is 0.391 e. The average Bonchev–Trinajstić information content (AvgIpc) is 3.03. The third-order valence-electron chi connectivity index (χ3n) is 5.95. The number of likely N-dealkylation sites (tertiary alicyclic amines) is 1. The molecular formula is C22H26ClN3O2. The fourth-order valence-electron chi connectivity index (χ4n) is 4.65. The van der Waals surface area contributed by atoms with Gasteiger partial charge in [0.1, 0.15) is 0 Å². The summed E-state index contributed by atoms with van der Waals surface area (Å²) < 4.78 is 0. The van der Waals surface area contributed by atoms with Crippen molar-refractivity contribution in [3.8, 4) is 0 Å². The Bertz CT molecular complexity index is 816. The summed E-state index contributed by atoms with van der Waals surface area (Å²) in [4.78, 5) is 19.1. The van der Waals surface area contributed by atoms with Crippen LogP contribution in [0.3, 0.4) is 0 Å². The van der Waals surface area contributed by atoms with Gasteiger partial charge in [-0.15, -0.1) is 0 Å². The molecule has 5 nitrogen and oxygen atoms in total. The van der Waals surface area contributed by atoms with Crippen molar-refractivity contribution in [3.05, 3.63) is 64.9 Å². The summed E-state index contributed by atoms with van der Waals surface area (Å²) >= 11 is 6.00. The van der Waals surface area contributed by atoms with E-state index in [-0.39, 0.29) is 18.4 Å². The molecule has 1 aromatic heterocycles. The van der Waals surface area contributed by atoms with Crippen molar-refractivity contribution in [1.29, 1.82) is 0 Å². The molecule has 0 spiro atoms. The number of rotatable bonds is 5. The van der Waals surface area contributed by atoms with Crippen LogP contribution in [0.5, 0.6) is 0 Å². The molecule has 1 saturated heterocycles. The van der Waals surface area contributed by atoms with Crippen LogP contribution in [-0.4, -0.2) is 46.1 Å². The normalized spacial score (nSPS) is 27.4. The lowest BCUT2D eigenvalue weighted by Crippen LogP contribution is -2.49. The Morgan fingerprint density at radius 1 is 1.18 bits per heavy atom. The first-order chi connectivity index (χ1) is 13.6. The Labute approximate surface area is 170 Å². The number of hydrogen-bond donors (Lipinski definition) is 2. The lowest BCUT2D eigenvalue weighted by Gasteiger charge is -2.35. The van der Waals surface area contributed by atoms with E-state index in [1.54, 1.807) is 12.3 Å². The number of aromatic nitrogens is 1. The van der Waals surface area contributed by atoms with Crippen molar-refractivity contribution in [2.24, 2.45) is 11.8 Å². The smallest absolute Gasteiger partial charge is 0.224 e. The molecule has 2 N–H and O–H groups in total. The number of carbonyl (C=O) groups is 1. The van der Waals surface area contributed by atoms with Crippen molar-refractivity contribution in [1.82, 2.24) is 15.2 Å². The first-order valence-electron chi connectivity index (χ1n) is 9.90. The van der Waals surface area contributed by atoms with Crippen LogP contribution in [0.15, 0.2) is 48.8 Å². The first kappa shape index (κ1) is 19.4. The highest BCUT2D eigenvalue weighted by Gasteiger charge is 2.42. The molecule has 28 heavy (non-hydrogen) atoms. The van der Waals surface area contributed by atoms with E-state index in [0.29, 0.717) is 16.9 Å². The van der Waals surface area contributed by atoms with E-state index in [9.17, 15) is 9.90 Å². The second-order valence-corrected chi connectivity index (χ2v) is 8.53. The van der Waals surface area contributed by atoms with E-state index in [1.807, 2.05) is 30.5 Å². The van der Waals surface area contributed by atoms with Crippen molar-refractivity contribution in [3.63, 3.8) is 0 Å². The summed E-state index contributed by atoms with van der Waals surface area (Å²) in [7, 11) is 0. The van der Waals surface area contributed by atoms with Gasteiger partial charge in [0.2, 0.25) is 5.91 Å². The topological polar surface area (TPSA) is 65.5 Å². The van der Waals surface area contributed by atoms with E-state index >= 15 is 0 Å². The molecule has 1 amide bonds. The lowest BCUT2D eigenvalue weighted by atomic mass is 9.77. The number of nitrogens with zero attached hydrogens (tertiary/aromatic N) is 2. The fraction of sp³-hybridized carbons (Fsp3) is 0.455. The van der Waals surface area contributed by atoms with Crippen LogP contribution < -0.4 is 5.32 Å². The van der Waals surface area contributed by atoms with Gasteiger partial charge in [0.05, 0.1) is 18.6 Å². The number of carbonyl (C=O) groups excluding carboxylic acids is 1. The maximum atomic E-state index is 12.5. The molecular weight excluding hydrogens is 374 g/mol. The Kier molecular flexibility index (Phi) is 5.95. The van der Waals surface area contributed by atoms with Crippen molar-refractivity contribution in [2.75, 3.05) is 13.1 Å². The SMILES string of the molecule is O=C(Cc1cccc(Cl)c1)N[C@H]1C[C@H]2CN(Cc3cccnc3)C[C@H]2C[C@@H]1O. The molecule has 4 rings (SSSR count). The Morgan fingerprint density at radius 2 is 1.96 bits per heavy atom. The highest BCUT2D eigenvalue weighted by Crippen LogP contribution is 2.37. The quantitative estimate of drug-likeness (QED) is 0.811. The zero-order chi connectivity index (χ0) is 19.5. The molecule has 2 aliphatic rings. The number of aliphatic hydroxyl groups is 1. The van der Waals surface area contributed by atoms with Gasteiger partial charge >= 0.3 is 0 Å². The molecule has 2 heterocycles. The summed E-state index contributed by atoms with van der Waals surface area (Å²) in [6, 6.07) is 11.2. The van der Waals surface area contributed by atoms with Gasteiger partial charge < -0.3 is 10.4 Å². The standard InChI is InChI=1S/C22H26ClN3O2/c23-19-5-1-3-15(7-19)8-22(28)25-20-9-17-13-26(14-18(17)10-21(20)27)12-16-4-2-6-24-11-16/h1-7,11,17-18,20-21,27H,8-10,12-14H2,(H,25,28)/t17-,18+,20-,21-/m0/s1. The number of aliphatic hydroxyl groups excluding tert-OH is 1. The van der Waals surface area contributed by atoms with Crippen molar-refractivity contribution in [2.45, 2.75) is 38.0 Å². The Hall–Kier alpha value is -1.95. The molecule has 0 radical (unpaired) electrons. The van der Waals surface area contributed by atoms with Crippen LogP contribution in [0.25, 0.3) is 0 Å². The minimum Gasteiger partial charge on any atom is -0.391 e. The summed E-state index contributed by atoms with van der Waals surface area (Å²) in [6.45, 7) is 2.90. The van der Waals surface area contributed by atoms with Gasteiger partial charge in [0.15, 0.2) is 0 Å². The van der Waals surface area contributed by atoms with Crippen LogP contribution in [0, 0.1) is 11.8 Å². The predicted octanol–water partition coefficient (Wildman–Crippen LogP) is 2.67. The fourth-order valence-corrected chi connectivity index (χ4v) is 4.86. The van der Waals surface area contributed by atoms with E-state index in [1.165, 1.54) is 5.56 Å². The predicted molar refractivity (Wildman–Crippen MR) is 109 cm³/mol. The summed E-state index contributed by atoms with van der Waals surface area (Å²) in [5, 5.41) is 14.3. The number of hydrogen-bond acceptors (Lipinski definition) is 4. The highest BCUT2D eigenvalue weighted by atomic mass is 35.5. The van der Waals surface area contributed by atoms with Crippen LogP contribution in [0.4, 0.5) is 0 Å². The van der Waals surface area contributed by atoms with Crippen molar-refractivity contribution < 1.29 is 9.90 Å². The minimum absolute atomic E-state index is 0.0602. The molecule has 0 unspecified atom stereocenters. The summed E-state index contributed by atoms with van der Waals surface area (Å²) in [6.07, 6.45) is 5.08. The number of benzene rings is 1. The summed E-state index contributed by atoms with van der Waals surface area (Å²) in [5.74, 6) is 0.944. The molecule has 1 aromatic carbocycles. The van der Waals surface area contributed by atoms with Gasteiger partial charge in [-0.25, -0.2) is 0 Å².